The second-order valence-electron chi connectivity index (χ2n) is 6.55. The molecule has 0 aliphatic rings. The van der Waals surface area contributed by atoms with Crippen molar-refractivity contribution >= 4 is 11.9 Å². The minimum atomic E-state index is -0.426. The highest BCUT2D eigenvalue weighted by Crippen LogP contribution is 2.23. The molecule has 2 aromatic rings. The lowest BCUT2D eigenvalue weighted by molar-refractivity contribution is -0.000621. The van der Waals surface area contributed by atoms with Gasteiger partial charge >= 0.3 is 11.9 Å². The monoisotopic (exact) mass is 340 g/mol. The number of benzene rings is 2. The molecule has 2 rings (SSSR count). The second-order valence-corrected chi connectivity index (χ2v) is 6.55. The van der Waals surface area contributed by atoms with Crippen LogP contribution in [0, 0.1) is 12.3 Å². The van der Waals surface area contributed by atoms with Gasteiger partial charge in [0.25, 0.3) is 0 Å². The summed E-state index contributed by atoms with van der Waals surface area (Å²) in [6.07, 6.45) is 0.718. The van der Waals surface area contributed by atoms with Crippen LogP contribution in [0.5, 0.6) is 0 Å². The van der Waals surface area contributed by atoms with E-state index in [1.165, 1.54) is 0 Å². The molecule has 132 valence electrons. The third-order valence-electron chi connectivity index (χ3n) is 4.25. The Bertz CT molecular complexity index is 706. The molecule has 0 saturated carbocycles. The molecule has 0 aromatic heterocycles. The van der Waals surface area contributed by atoms with Crippen LogP contribution in [0.25, 0.3) is 0 Å². The number of carbonyl (C=O) groups excluding carboxylic acids is 2. The van der Waals surface area contributed by atoms with E-state index < -0.39 is 5.41 Å². The van der Waals surface area contributed by atoms with E-state index >= 15 is 0 Å². The number of ether oxygens (including phenoxy) is 2. The van der Waals surface area contributed by atoms with Gasteiger partial charge < -0.3 is 9.47 Å². The number of hydrogen-bond acceptors (Lipinski definition) is 4. The van der Waals surface area contributed by atoms with E-state index in [0.29, 0.717) is 11.1 Å². The fraction of sp³-hybridized carbons (Fsp3) is 0.333. The molecule has 0 N–H and O–H groups in total. The van der Waals surface area contributed by atoms with Crippen LogP contribution in [-0.2, 0) is 9.47 Å². The first-order chi connectivity index (χ1) is 11.9. The predicted molar refractivity (Wildman–Crippen MR) is 96.6 cm³/mol. The van der Waals surface area contributed by atoms with E-state index in [2.05, 4.69) is 0 Å². The highest BCUT2D eigenvalue weighted by molar-refractivity contribution is 5.89. The standard InChI is InChI=1S/C21H24O4/c1-4-21(3,14-24-19(22)17-8-6-5-7-9-17)15-25-20(23)18-12-10-16(2)11-13-18/h5-13H,4,14-15H2,1-3H3. The second kappa shape index (κ2) is 8.47. The van der Waals surface area contributed by atoms with Crippen molar-refractivity contribution in [3.05, 3.63) is 71.3 Å². The van der Waals surface area contributed by atoms with Crippen molar-refractivity contribution in [2.45, 2.75) is 27.2 Å². The SMILES string of the molecule is CCC(C)(COC(=O)c1ccccc1)COC(=O)c1ccc(C)cc1. The summed E-state index contributed by atoms with van der Waals surface area (Å²) in [5, 5.41) is 0. The molecule has 25 heavy (non-hydrogen) atoms. The zero-order valence-corrected chi connectivity index (χ0v) is 15.0. The minimum absolute atomic E-state index is 0.193. The molecule has 0 radical (unpaired) electrons. The number of esters is 2. The largest absolute Gasteiger partial charge is 0.461 e. The summed E-state index contributed by atoms with van der Waals surface area (Å²) in [7, 11) is 0. The van der Waals surface area contributed by atoms with Crippen molar-refractivity contribution in [2.24, 2.45) is 5.41 Å². The summed E-state index contributed by atoms with van der Waals surface area (Å²) in [6.45, 7) is 6.27. The van der Waals surface area contributed by atoms with Crippen LogP contribution in [0.2, 0.25) is 0 Å². The van der Waals surface area contributed by atoms with Gasteiger partial charge in [0.05, 0.1) is 11.1 Å². The lowest BCUT2D eigenvalue weighted by Gasteiger charge is -2.27. The van der Waals surface area contributed by atoms with Crippen molar-refractivity contribution in [3.8, 4) is 0 Å². The summed E-state index contributed by atoms with van der Waals surface area (Å²) in [5.74, 6) is -0.737. The van der Waals surface area contributed by atoms with Gasteiger partial charge in [-0.25, -0.2) is 9.59 Å². The first-order valence-electron chi connectivity index (χ1n) is 8.39. The van der Waals surface area contributed by atoms with E-state index in [1.807, 2.05) is 39.0 Å². The zero-order valence-electron chi connectivity index (χ0n) is 15.0. The summed E-state index contributed by atoms with van der Waals surface area (Å²) in [4.78, 5) is 24.2. The average Bonchev–Trinajstić information content (AvgIpc) is 2.65. The maximum atomic E-state index is 12.1. The Morgan fingerprint density at radius 2 is 1.32 bits per heavy atom. The molecule has 0 amide bonds. The summed E-state index contributed by atoms with van der Waals surface area (Å²) >= 11 is 0. The van der Waals surface area contributed by atoms with Crippen LogP contribution in [-0.4, -0.2) is 25.2 Å². The highest BCUT2D eigenvalue weighted by Gasteiger charge is 2.27. The Balaban J connectivity index is 1.90. The first kappa shape index (κ1) is 18.7. The molecule has 1 atom stereocenters. The normalized spacial score (nSPS) is 12.9. The maximum Gasteiger partial charge on any atom is 0.338 e. The summed E-state index contributed by atoms with van der Waals surface area (Å²) < 4.78 is 10.8. The molecule has 0 bridgehead atoms. The number of rotatable bonds is 7. The summed E-state index contributed by atoms with van der Waals surface area (Å²) in [6, 6.07) is 16.1. The molecule has 0 aliphatic carbocycles. The lowest BCUT2D eigenvalue weighted by atomic mass is 9.90. The van der Waals surface area contributed by atoms with Crippen LogP contribution in [0.15, 0.2) is 54.6 Å². The quantitative estimate of drug-likeness (QED) is 0.700. The highest BCUT2D eigenvalue weighted by atomic mass is 16.5. The fourth-order valence-corrected chi connectivity index (χ4v) is 2.16. The van der Waals surface area contributed by atoms with Gasteiger partial charge in [-0.2, -0.15) is 0 Å². The molecule has 0 saturated heterocycles. The van der Waals surface area contributed by atoms with Gasteiger partial charge in [0.2, 0.25) is 0 Å². The van der Waals surface area contributed by atoms with E-state index in [0.717, 1.165) is 12.0 Å². The van der Waals surface area contributed by atoms with Crippen LogP contribution < -0.4 is 0 Å². The van der Waals surface area contributed by atoms with Crippen molar-refractivity contribution in [3.63, 3.8) is 0 Å². The molecule has 0 heterocycles. The maximum absolute atomic E-state index is 12.1. The number of carbonyl (C=O) groups is 2. The van der Waals surface area contributed by atoms with Gasteiger partial charge in [-0.1, -0.05) is 49.7 Å². The molecule has 0 spiro atoms. The van der Waals surface area contributed by atoms with Gasteiger partial charge in [0, 0.05) is 5.41 Å². The molecule has 4 heteroatoms. The van der Waals surface area contributed by atoms with Crippen LogP contribution in [0.1, 0.15) is 46.5 Å². The van der Waals surface area contributed by atoms with E-state index in [-0.39, 0.29) is 25.2 Å². The van der Waals surface area contributed by atoms with Crippen molar-refractivity contribution < 1.29 is 19.1 Å². The van der Waals surface area contributed by atoms with E-state index in [1.54, 1.807) is 36.4 Å². The van der Waals surface area contributed by atoms with Crippen LogP contribution in [0.4, 0.5) is 0 Å². The molecular weight excluding hydrogens is 316 g/mol. The molecule has 2 aromatic carbocycles. The Hall–Kier alpha value is -2.62. The van der Waals surface area contributed by atoms with Crippen LogP contribution in [0.3, 0.4) is 0 Å². The number of hydrogen-bond donors (Lipinski definition) is 0. The Kier molecular flexibility index (Phi) is 6.34. The van der Waals surface area contributed by atoms with Crippen molar-refractivity contribution in [1.82, 2.24) is 0 Å². The molecule has 1 unspecified atom stereocenters. The Morgan fingerprint density at radius 1 is 0.840 bits per heavy atom. The first-order valence-corrected chi connectivity index (χ1v) is 8.39. The third kappa shape index (κ3) is 5.45. The Morgan fingerprint density at radius 3 is 1.80 bits per heavy atom. The van der Waals surface area contributed by atoms with E-state index in [4.69, 9.17) is 9.47 Å². The van der Waals surface area contributed by atoms with Crippen LogP contribution >= 0.6 is 0 Å². The zero-order chi connectivity index (χ0) is 18.3. The van der Waals surface area contributed by atoms with Gasteiger partial charge in [-0.3, -0.25) is 0 Å². The molecule has 0 fully saturated rings. The van der Waals surface area contributed by atoms with Gasteiger partial charge in [0.1, 0.15) is 13.2 Å². The summed E-state index contributed by atoms with van der Waals surface area (Å²) in [5.41, 5.74) is 1.69. The smallest absolute Gasteiger partial charge is 0.338 e. The minimum Gasteiger partial charge on any atom is -0.461 e. The van der Waals surface area contributed by atoms with E-state index in [9.17, 15) is 9.59 Å². The van der Waals surface area contributed by atoms with Crippen molar-refractivity contribution in [2.75, 3.05) is 13.2 Å². The molecule has 0 aliphatic heterocycles. The predicted octanol–water partition coefficient (Wildman–Crippen LogP) is 4.43. The topological polar surface area (TPSA) is 52.6 Å². The molecule has 4 nitrogen and oxygen atoms in total. The van der Waals surface area contributed by atoms with Gasteiger partial charge in [0.15, 0.2) is 0 Å². The molecular formula is C21H24O4. The van der Waals surface area contributed by atoms with Crippen molar-refractivity contribution in [1.29, 1.82) is 0 Å². The fourth-order valence-electron chi connectivity index (χ4n) is 2.16. The third-order valence-corrected chi connectivity index (χ3v) is 4.25. The van der Waals surface area contributed by atoms with Gasteiger partial charge in [-0.15, -0.1) is 0 Å². The Labute approximate surface area is 148 Å². The van der Waals surface area contributed by atoms with Gasteiger partial charge in [-0.05, 0) is 37.6 Å². The average molecular weight is 340 g/mol. The lowest BCUT2D eigenvalue weighted by Crippen LogP contribution is -2.31. The number of aryl methyl sites for hydroxylation is 1.